The van der Waals surface area contributed by atoms with Gasteiger partial charge in [-0.25, -0.2) is 9.59 Å². The Morgan fingerprint density at radius 3 is 1.17 bits per heavy atom. The first-order valence-electron chi connectivity index (χ1n) is 24.8. The maximum atomic E-state index is 13.1. The second-order valence-corrected chi connectivity index (χ2v) is 18.2. The third-order valence-electron chi connectivity index (χ3n) is 13.0. The number of nitrogens with one attached hydrogen (secondary N) is 2. The minimum atomic E-state index is -0.572. The van der Waals surface area contributed by atoms with Crippen molar-refractivity contribution in [3.8, 4) is 23.0 Å². The van der Waals surface area contributed by atoms with Gasteiger partial charge in [-0.3, -0.25) is 9.59 Å². The predicted octanol–water partition coefficient (Wildman–Crippen LogP) is 7.74. The van der Waals surface area contributed by atoms with E-state index < -0.39 is 12.2 Å². The Labute approximate surface area is 382 Å². The molecule has 0 unspecified atom stereocenters. The van der Waals surface area contributed by atoms with Crippen molar-refractivity contribution in [2.24, 2.45) is 0 Å². The zero-order chi connectivity index (χ0) is 44.6. The minimum Gasteiger partial charge on any atom is -0.423 e. The van der Waals surface area contributed by atoms with Gasteiger partial charge in [-0.05, 0) is 191 Å². The summed E-state index contributed by atoms with van der Waals surface area (Å²) in [5.41, 5.74) is 1.91. The van der Waals surface area contributed by atoms with Gasteiger partial charge >= 0.3 is 24.1 Å². The molecule has 14 heteroatoms. The Kier molecular flexibility index (Phi) is 21.5. The minimum absolute atomic E-state index is 0.217. The number of hydrogen-bond donors (Lipinski definition) is 2. The monoisotopic (exact) mass is 889 g/mol. The van der Waals surface area contributed by atoms with Crippen molar-refractivity contribution >= 4 is 24.1 Å². The summed E-state index contributed by atoms with van der Waals surface area (Å²) < 4.78 is 23.2. The van der Waals surface area contributed by atoms with Gasteiger partial charge in [0.1, 0.15) is 0 Å². The quantitative estimate of drug-likeness (QED) is 0.0641. The van der Waals surface area contributed by atoms with Gasteiger partial charge in [0.2, 0.25) is 0 Å². The molecule has 64 heavy (non-hydrogen) atoms. The normalized spacial score (nSPS) is 17.9. The van der Waals surface area contributed by atoms with E-state index in [4.69, 9.17) is 18.9 Å². The molecule has 14 nitrogen and oxygen atoms in total. The van der Waals surface area contributed by atoms with Gasteiger partial charge in [0.15, 0.2) is 23.0 Å². The van der Waals surface area contributed by atoms with Crippen LogP contribution >= 0.6 is 0 Å². The highest BCUT2D eigenvalue weighted by Crippen LogP contribution is 2.32. The van der Waals surface area contributed by atoms with E-state index in [1.165, 1.54) is 77.0 Å². The SMILES string of the molecule is O=C(CCCN1CCCCC1)Oc1cc(CCCCc2ccc(OC(=O)CCCN3CCCCC3)c(OC(=O)NCCN3CCCCC3)c2)ccc1OC(=O)NCCN1CCCCC1. The summed E-state index contributed by atoms with van der Waals surface area (Å²) in [6, 6.07) is 10.9. The summed E-state index contributed by atoms with van der Waals surface area (Å²) in [6.45, 7) is 12.7. The predicted molar refractivity (Wildman–Crippen MR) is 248 cm³/mol. The molecule has 4 aliphatic rings. The average Bonchev–Trinajstić information content (AvgIpc) is 3.31. The van der Waals surface area contributed by atoms with Gasteiger partial charge in [-0.1, -0.05) is 37.8 Å². The number of piperidine rings is 4. The van der Waals surface area contributed by atoms with Crippen LogP contribution in [0.5, 0.6) is 23.0 Å². The average molecular weight is 889 g/mol. The Morgan fingerprint density at radius 1 is 0.406 bits per heavy atom. The number of benzene rings is 2. The zero-order valence-electron chi connectivity index (χ0n) is 38.6. The third kappa shape index (κ3) is 18.3. The fraction of sp³-hybridized carbons (Fsp3) is 0.680. The van der Waals surface area contributed by atoms with Gasteiger partial charge in [0, 0.05) is 39.0 Å². The van der Waals surface area contributed by atoms with Crippen LogP contribution in [0.1, 0.15) is 127 Å². The molecule has 6 rings (SSSR count). The number of amides is 2. The zero-order valence-corrected chi connectivity index (χ0v) is 38.6. The van der Waals surface area contributed by atoms with Crippen LogP contribution in [0.25, 0.3) is 0 Å². The highest BCUT2D eigenvalue weighted by Gasteiger charge is 2.20. The molecule has 2 amide bonds. The van der Waals surface area contributed by atoms with Crippen LogP contribution in [0.4, 0.5) is 9.59 Å². The van der Waals surface area contributed by atoms with E-state index in [2.05, 4.69) is 30.2 Å². The first-order chi connectivity index (χ1) is 31.4. The fourth-order valence-corrected chi connectivity index (χ4v) is 9.28. The van der Waals surface area contributed by atoms with Gasteiger partial charge in [-0.15, -0.1) is 0 Å². The lowest BCUT2D eigenvalue weighted by molar-refractivity contribution is -0.135. The van der Waals surface area contributed by atoms with E-state index in [1.807, 2.05) is 18.2 Å². The number of carbonyl (C=O) groups excluding carboxylic acids is 4. The number of ether oxygens (including phenoxy) is 4. The molecule has 354 valence electrons. The van der Waals surface area contributed by atoms with Crippen LogP contribution in [0, 0.1) is 0 Å². The third-order valence-corrected chi connectivity index (χ3v) is 13.0. The molecule has 0 spiro atoms. The topological polar surface area (TPSA) is 142 Å². The van der Waals surface area contributed by atoms with Crippen LogP contribution in [0.3, 0.4) is 0 Å². The van der Waals surface area contributed by atoms with Crippen molar-refractivity contribution in [3.63, 3.8) is 0 Å². The van der Waals surface area contributed by atoms with E-state index in [1.54, 1.807) is 18.2 Å². The summed E-state index contributed by atoms with van der Waals surface area (Å²) in [7, 11) is 0. The van der Waals surface area contributed by atoms with Crippen molar-refractivity contribution in [1.29, 1.82) is 0 Å². The molecule has 2 aromatic rings. The molecule has 4 aliphatic heterocycles. The Bertz CT molecular complexity index is 1610. The largest absolute Gasteiger partial charge is 0.423 e. The summed E-state index contributed by atoms with van der Waals surface area (Å²) in [6.07, 6.45) is 18.5. The highest BCUT2D eigenvalue weighted by molar-refractivity contribution is 5.76. The van der Waals surface area contributed by atoms with E-state index in [-0.39, 0.29) is 41.4 Å². The van der Waals surface area contributed by atoms with E-state index in [9.17, 15) is 19.2 Å². The van der Waals surface area contributed by atoms with Crippen LogP contribution in [0.2, 0.25) is 0 Å². The maximum Gasteiger partial charge on any atom is 0.412 e. The van der Waals surface area contributed by atoms with E-state index >= 15 is 0 Å². The van der Waals surface area contributed by atoms with Crippen LogP contribution in [-0.2, 0) is 22.4 Å². The highest BCUT2D eigenvalue weighted by atomic mass is 16.6. The first kappa shape index (κ1) is 49.2. The van der Waals surface area contributed by atoms with Gasteiger partial charge in [0.05, 0.1) is 0 Å². The van der Waals surface area contributed by atoms with Crippen LogP contribution < -0.4 is 29.6 Å². The molecule has 2 aromatic carbocycles. The van der Waals surface area contributed by atoms with Crippen molar-refractivity contribution in [3.05, 3.63) is 47.5 Å². The lowest BCUT2D eigenvalue weighted by Gasteiger charge is -2.26. The molecule has 4 fully saturated rings. The number of nitrogens with zero attached hydrogens (tertiary/aromatic N) is 4. The van der Waals surface area contributed by atoms with Crippen LogP contribution in [-0.4, -0.2) is 135 Å². The lowest BCUT2D eigenvalue weighted by atomic mass is 10.0. The Hall–Kier alpha value is -4.24. The van der Waals surface area contributed by atoms with Gasteiger partial charge in [0.25, 0.3) is 0 Å². The Morgan fingerprint density at radius 2 is 0.750 bits per heavy atom. The molecular formula is C50H76N6O8. The first-order valence-corrected chi connectivity index (χ1v) is 24.8. The number of likely N-dealkylation sites (tertiary alicyclic amines) is 4. The second-order valence-electron chi connectivity index (χ2n) is 18.2. The van der Waals surface area contributed by atoms with Crippen molar-refractivity contribution in [2.75, 3.05) is 91.6 Å². The lowest BCUT2D eigenvalue weighted by Crippen LogP contribution is -2.38. The van der Waals surface area contributed by atoms with Gasteiger partial charge < -0.3 is 49.2 Å². The van der Waals surface area contributed by atoms with Gasteiger partial charge in [-0.2, -0.15) is 0 Å². The van der Waals surface area contributed by atoms with E-state index in [0.29, 0.717) is 38.8 Å². The summed E-state index contributed by atoms with van der Waals surface area (Å²) in [5.74, 6) is 0.251. The number of unbranched alkanes of at least 4 members (excludes halogenated alkanes) is 1. The second kappa shape index (κ2) is 27.9. The number of carbonyl (C=O) groups is 4. The molecule has 0 radical (unpaired) electrons. The van der Waals surface area contributed by atoms with Crippen molar-refractivity contribution in [1.82, 2.24) is 30.2 Å². The molecule has 2 N–H and O–H groups in total. The molecule has 4 saturated heterocycles. The Balaban J connectivity index is 1.02. The molecule has 0 bridgehead atoms. The maximum absolute atomic E-state index is 13.1. The standard InChI is InChI=1S/C50H76N6O8/c57-47(19-15-35-53-27-7-1-8-28-53)61-43-23-21-42(40-46(43)64-50(60)52-26-38-56-33-13-4-14-34-56)18-6-5-17-41-22-24-44(63-49(59)51-25-37-55-31-11-3-12-32-55)45(39-41)62-48(58)20-16-36-54-29-9-2-10-30-54/h21-24,39-40H,1-20,25-38H2,(H,51,59)(H,52,60). The van der Waals surface area contributed by atoms with Crippen LogP contribution in [0.15, 0.2) is 36.4 Å². The van der Waals surface area contributed by atoms with E-state index in [0.717, 1.165) is 109 Å². The van der Waals surface area contributed by atoms with Crippen molar-refractivity contribution in [2.45, 2.75) is 128 Å². The molecule has 0 aliphatic carbocycles. The summed E-state index contributed by atoms with van der Waals surface area (Å²) in [4.78, 5) is 61.5. The summed E-state index contributed by atoms with van der Waals surface area (Å²) in [5, 5.41) is 5.74. The molecule has 0 atom stereocenters. The number of hydrogen-bond acceptors (Lipinski definition) is 12. The smallest absolute Gasteiger partial charge is 0.412 e. The molecular weight excluding hydrogens is 813 g/mol. The summed E-state index contributed by atoms with van der Waals surface area (Å²) >= 11 is 0. The van der Waals surface area contributed by atoms with Crippen molar-refractivity contribution < 1.29 is 38.1 Å². The number of rotatable bonds is 23. The molecule has 0 saturated carbocycles. The molecule has 0 aromatic heterocycles. The molecule has 4 heterocycles. The number of aryl methyl sites for hydroxylation is 2. The fourth-order valence-electron chi connectivity index (χ4n) is 9.28. The number of esters is 2.